The van der Waals surface area contributed by atoms with Gasteiger partial charge in [-0.25, -0.2) is 19.2 Å². The maximum Gasteiger partial charge on any atom is 0.496 e. The number of amides is 2. The Morgan fingerprint density at radius 1 is 0.598 bits per heavy atom. The summed E-state index contributed by atoms with van der Waals surface area (Å²) in [6.07, 6.45) is 15.3. The third kappa shape index (κ3) is 14.5. The average molecular weight is 1360 g/mol. The molecule has 10 aromatic rings. The molecule has 0 bridgehead atoms. The van der Waals surface area contributed by atoms with Gasteiger partial charge in [-0.2, -0.15) is 10.2 Å². The summed E-state index contributed by atoms with van der Waals surface area (Å²) in [5.41, 5.74) is 9.42. The van der Waals surface area contributed by atoms with Gasteiger partial charge in [0.05, 0.1) is 92.6 Å². The molecular formula is C66H78BBrCl2N14O8. The largest absolute Gasteiger partial charge is 0.496 e. The summed E-state index contributed by atoms with van der Waals surface area (Å²) in [4.78, 5) is 73.1. The molecule has 3 aliphatic heterocycles. The Balaban J connectivity index is 0.000000154. The number of benzene rings is 2. The van der Waals surface area contributed by atoms with Crippen LogP contribution in [-0.2, 0) is 47.0 Å². The zero-order valence-electron chi connectivity index (χ0n) is 54.6. The predicted octanol–water partition coefficient (Wildman–Crippen LogP) is 12.0. The van der Waals surface area contributed by atoms with E-state index in [1.54, 1.807) is 74.1 Å². The van der Waals surface area contributed by atoms with Gasteiger partial charge in [0.15, 0.2) is 0 Å². The highest BCUT2D eigenvalue weighted by Gasteiger charge is 2.52. The third-order valence-electron chi connectivity index (χ3n) is 16.6. The second-order valence-electron chi connectivity index (χ2n) is 26.4. The number of hydrogen-bond donors (Lipinski definition) is 0. The van der Waals surface area contributed by atoms with E-state index in [1.165, 1.54) is 0 Å². The van der Waals surface area contributed by atoms with E-state index in [2.05, 4.69) is 52.1 Å². The lowest BCUT2D eigenvalue weighted by Crippen LogP contribution is -2.41. The Morgan fingerprint density at radius 2 is 1.03 bits per heavy atom. The summed E-state index contributed by atoms with van der Waals surface area (Å²) in [6.45, 7) is 23.0. The van der Waals surface area contributed by atoms with E-state index in [1.807, 2.05) is 172 Å². The van der Waals surface area contributed by atoms with E-state index in [-0.39, 0.29) is 58.8 Å². The molecule has 0 spiro atoms. The molecule has 26 heteroatoms. The van der Waals surface area contributed by atoms with Gasteiger partial charge >= 0.3 is 30.7 Å². The van der Waals surface area contributed by atoms with Gasteiger partial charge in [0.25, 0.3) is 0 Å². The van der Waals surface area contributed by atoms with E-state index >= 15 is 0 Å². The number of pyridine rings is 4. The molecule has 2 amide bonds. The topological polar surface area (TPSA) is 219 Å². The number of carbonyl (C=O) groups excluding carboxylic acids is 2. The first-order valence-electron chi connectivity index (χ1n) is 30.4. The van der Waals surface area contributed by atoms with Crippen molar-refractivity contribution in [2.75, 3.05) is 26.2 Å². The van der Waals surface area contributed by atoms with Crippen molar-refractivity contribution in [1.29, 1.82) is 0 Å². The molecule has 0 aliphatic carbocycles. The molecule has 3 aliphatic rings. The van der Waals surface area contributed by atoms with Crippen molar-refractivity contribution in [2.45, 2.75) is 128 Å². The summed E-state index contributed by atoms with van der Waals surface area (Å²) in [5.74, 6) is 0. The number of imidazole rings is 2. The number of alkyl halides is 2. The van der Waals surface area contributed by atoms with Crippen LogP contribution in [0.15, 0.2) is 124 Å². The summed E-state index contributed by atoms with van der Waals surface area (Å²) in [6, 6.07) is 19.6. The van der Waals surface area contributed by atoms with Crippen LogP contribution in [0.3, 0.4) is 0 Å². The SMILES string of the molecule is CC(Cl)Cl.Cn1c(=O)n([C@@H]2CCN(C(=O)OC(C)(C)C)C2)c2c3cc(Br)ccc3ncc21.Cn1cc(-c2ccc(-c3ccc4ncc5c(c4c3)n([C@@H]3CCN(C(=O)OC(C)(C)C)C3)c(=O)n5C)cn2)cn1.Cn1cc(-c2ccc(B3OC(C)(C)C(C)(C)O3)cn2)cn1. The minimum Gasteiger partial charge on any atom is -0.444 e. The van der Waals surface area contributed by atoms with Crippen LogP contribution in [0.5, 0.6) is 0 Å². The Kier molecular flexibility index (Phi) is 19.1. The highest BCUT2D eigenvalue weighted by molar-refractivity contribution is 9.10. The summed E-state index contributed by atoms with van der Waals surface area (Å²) in [5, 5.41) is 10.2. The molecule has 3 saturated heterocycles. The van der Waals surface area contributed by atoms with E-state index in [0.29, 0.717) is 39.0 Å². The maximum atomic E-state index is 13.5. The molecule has 11 heterocycles. The number of aryl methyl sites for hydroxylation is 4. The van der Waals surface area contributed by atoms with Crippen LogP contribution in [0.1, 0.15) is 101 Å². The van der Waals surface area contributed by atoms with E-state index in [4.69, 9.17) is 42.0 Å². The van der Waals surface area contributed by atoms with Gasteiger partial charge in [-0.3, -0.25) is 47.6 Å². The molecule has 3 fully saturated rings. The van der Waals surface area contributed by atoms with Gasteiger partial charge in [-0.05, 0) is 137 Å². The summed E-state index contributed by atoms with van der Waals surface area (Å²) < 4.78 is 34.5. The second kappa shape index (κ2) is 26.2. The zero-order valence-corrected chi connectivity index (χ0v) is 57.7. The average Bonchev–Trinajstić information content (AvgIpc) is 1.58. The van der Waals surface area contributed by atoms with Crippen LogP contribution in [0.25, 0.3) is 77.5 Å². The maximum absolute atomic E-state index is 13.5. The Hall–Kier alpha value is -7.90. The first-order valence-corrected chi connectivity index (χ1v) is 32.1. The fraction of sp³-hybridized carbons (Fsp3) is 0.424. The molecule has 0 N–H and O–H groups in total. The van der Waals surface area contributed by atoms with Crippen LogP contribution in [0.4, 0.5) is 9.59 Å². The van der Waals surface area contributed by atoms with Gasteiger partial charge < -0.3 is 28.6 Å². The fourth-order valence-electron chi connectivity index (χ4n) is 11.3. The Labute approximate surface area is 552 Å². The third-order valence-corrected chi connectivity index (χ3v) is 17.1. The summed E-state index contributed by atoms with van der Waals surface area (Å²) >= 11 is 13.6. The molecular weight excluding hydrogens is 1280 g/mol. The van der Waals surface area contributed by atoms with Crippen LogP contribution in [-0.4, -0.2) is 140 Å². The Morgan fingerprint density at radius 3 is 1.45 bits per heavy atom. The summed E-state index contributed by atoms with van der Waals surface area (Å²) in [7, 11) is 6.92. The van der Waals surface area contributed by atoms with Crippen LogP contribution in [0.2, 0.25) is 0 Å². The smallest absolute Gasteiger partial charge is 0.444 e. The van der Waals surface area contributed by atoms with Crippen LogP contribution >= 0.6 is 39.1 Å². The van der Waals surface area contributed by atoms with Crippen LogP contribution < -0.4 is 16.8 Å². The van der Waals surface area contributed by atoms with Gasteiger partial charge in [-0.15, -0.1) is 23.2 Å². The number of nitrogens with zero attached hydrogens (tertiary/aromatic N) is 14. The van der Waals surface area contributed by atoms with Gasteiger partial charge in [0.1, 0.15) is 16.0 Å². The predicted molar refractivity (Wildman–Crippen MR) is 364 cm³/mol. The number of likely N-dealkylation sites (tertiary alicyclic amines) is 2. The standard InChI is InChI=1S/C29H31N7O3.C20H23BrN4O3.C15H20BN3O2.C2H4Cl2/c1-29(2,3)39-28(38)35-11-10-21(17-35)36-26-22-12-18(6-9-24(22)31-15-25(26)34(5)27(36)37)19-7-8-23(30-13-19)20-14-32-33(4)16-20;1-20(2,3)28-19(27)24-8-7-13(11-24)25-17-14-9-12(21)5-6-15(14)22-10-16(17)23(4)18(25)26;1-14(2)15(3,4)21-16(20-14)12-6-7-13(17-9-12)11-8-18-19(5)10-11;1-2(3)4/h6-9,12-16,21H,10-11,17H2,1-5H3;5-6,9-10,13H,7-8,11H2,1-4H3;6-10H,1-5H3;2H,1H3/t21-;13-;;/m11../s1. The molecule has 0 unspecified atom stereocenters. The molecule has 0 radical (unpaired) electrons. The number of hydrogen-bond acceptors (Lipinski definition) is 14. The number of fused-ring (bicyclic) bond motifs is 6. The lowest BCUT2D eigenvalue weighted by atomic mass is 9.80. The molecule has 13 rings (SSSR count). The highest BCUT2D eigenvalue weighted by atomic mass is 79.9. The molecule has 484 valence electrons. The first-order chi connectivity index (χ1) is 43.3. The Bertz CT molecular complexity index is 4470. The van der Waals surface area contributed by atoms with Crippen LogP contribution in [0, 0.1) is 0 Å². The molecule has 0 saturated carbocycles. The number of carbonyl (C=O) groups is 2. The van der Waals surface area contributed by atoms with Crippen molar-refractivity contribution >= 4 is 108 Å². The molecule has 2 atom stereocenters. The van der Waals surface area contributed by atoms with E-state index in [9.17, 15) is 19.2 Å². The molecule has 92 heavy (non-hydrogen) atoms. The minimum absolute atomic E-state index is 0.0969. The van der Waals surface area contributed by atoms with Gasteiger partial charge in [0, 0.05) is 117 Å². The second-order valence-corrected chi connectivity index (χ2v) is 28.8. The van der Waals surface area contributed by atoms with Crippen molar-refractivity contribution in [3.8, 4) is 33.6 Å². The van der Waals surface area contributed by atoms with Crippen molar-refractivity contribution in [3.05, 3.63) is 136 Å². The fourth-order valence-corrected chi connectivity index (χ4v) is 11.7. The van der Waals surface area contributed by atoms with Crippen molar-refractivity contribution in [1.82, 2.24) is 67.6 Å². The monoisotopic (exact) mass is 1350 g/mol. The first kappa shape index (κ1) is 67.0. The lowest BCUT2D eigenvalue weighted by molar-refractivity contribution is 0.00578. The zero-order chi connectivity index (χ0) is 66.5. The number of rotatable bonds is 6. The minimum atomic E-state index is -0.575. The number of halogens is 3. The molecule has 2 aromatic carbocycles. The van der Waals surface area contributed by atoms with E-state index in [0.717, 1.165) is 87.4 Å². The van der Waals surface area contributed by atoms with Gasteiger partial charge in [-0.1, -0.05) is 34.1 Å². The van der Waals surface area contributed by atoms with Crippen molar-refractivity contribution in [3.63, 3.8) is 0 Å². The van der Waals surface area contributed by atoms with Crippen molar-refractivity contribution < 1.29 is 28.4 Å². The number of ether oxygens (including phenoxy) is 2. The quantitative estimate of drug-likeness (QED) is 0.112. The normalized spacial score (nSPS) is 17.1. The number of aromatic nitrogens is 12. The van der Waals surface area contributed by atoms with Crippen molar-refractivity contribution in [2.24, 2.45) is 28.2 Å². The van der Waals surface area contributed by atoms with Gasteiger partial charge in [0.2, 0.25) is 0 Å². The van der Waals surface area contributed by atoms with E-state index < -0.39 is 11.2 Å². The molecule has 8 aromatic heterocycles. The molecule has 22 nitrogen and oxygen atoms in total. The lowest BCUT2D eigenvalue weighted by Gasteiger charge is -2.32. The highest BCUT2D eigenvalue weighted by Crippen LogP contribution is 2.38.